The molecule has 0 spiro atoms. The van der Waals surface area contributed by atoms with Crippen LogP contribution in [0.4, 0.5) is 5.69 Å². The highest BCUT2D eigenvalue weighted by Crippen LogP contribution is 2.24. The molecular weight excluding hydrogens is 346 g/mol. The van der Waals surface area contributed by atoms with Gasteiger partial charge in [0, 0.05) is 18.5 Å². The van der Waals surface area contributed by atoms with E-state index >= 15 is 0 Å². The number of carbonyl (C=O) groups is 2. The van der Waals surface area contributed by atoms with Crippen molar-refractivity contribution >= 4 is 29.3 Å². The van der Waals surface area contributed by atoms with Crippen molar-refractivity contribution in [1.82, 2.24) is 4.90 Å². The number of nitrogens with zero attached hydrogens (tertiary/aromatic N) is 1. The lowest BCUT2D eigenvalue weighted by atomic mass is 10.2. The Hall–Kier alpha value is -2.31. The highest BCUT2D eigenvalue weighted by Gasteiger charge is 2.18. The number of hydrogen-bond acceptors (Lipinski definition) is 3. The minimum absolute atomic E-state index is 0.0173. The Morgan fingerprint density at radius 1 is 1.04 bits per heavy atom. The molecule has 6 heteroatoms. The van der Waals surface area contributed by atoms with Crippen LogP contribution in [0.2, 0.25) is 0 Å². The second-order valence-electron chi connectivity index (χ2n) is 6.29. The maximum atomic E-state index is 12.4. The fourth-order valence-corrected chi connectivity index (χ4v) is 3.17. The monoisotopic (exact) mass is 372 g/mol. The number of carbonyl (C=O) groups excluding carboxylic acids is 2. The Kier molecular flexibility index (Phi) is 7.69. The van der Waals surface area contributed by atoms with Crippen molar-refractivity contribution in [2.45, 2.75) is 11.4 Å². The van der Waals surface area contributed by atoms with Crippen LogP contribution in [0.1, 0.15) is 5.56 Å². The molecule has 2 aromatic rings. The zero-order valence-electron chi connectivity index (χ0n) is 15.5. The summed E-state index contributed by atoms with van der Waals surface area (Å²) in [5.74, 6) is -0.0776. The van der Waals surface area contributed by atoms with Crippen molar-refractivity contribution in [2.75, 3.05) is 38.8 Å². The van der Waals surface area contributed by atoms with Gasteiger partial charge in [0.1, 0.15) is 0 Å². The molecule has 0 aromatic heterocycles. The Morgan fingerprint density at radius 2 is 1.69 bits per heavy atom. The molecule has 0 aliphatic carbocycles. The van der Waals surface area contributed by atoms with Crippen LogP contribution in [-0.4, -0.2) is 50.2 Å². The molecule has 0 saturated heterocycles. The molecule has 0 bridgehead atoms. The van der Waals surface area contributed by atoms with Gasteiger partial charge in [-0.15, -0.1) is 11.8 Å². The lowest BCUT2D eigenvalue weighted by Gasteiger charge is -2.20. The van der Waals surface area contributed by atoms with E-state index in [1.807, 2.05) is 67.9 Å². The summed E-state index contributed by atoms with van der Waals surface area (Å²) in [5.41, 5.74) is 1.90. The maximum absolute atomic E-state index is 12.4. The number of likely N-dealkylation sites (N-methyl/N-ethyl adjacent to an activating group) is 2. The first-order valence-electron chi connectivity index (χ1n) is 8.51. The minimum Gasteiger partial charge on any atom is -0.337 e. The number of nitrogens with one attached hydrogen (secondary N) is 2. The van der Waals surface area contributed by atoms with Crippen LogP contribution in [0.3, 0.4) is 0 Å². The number of benzene rings is 2. The summed E-state index contributed by atoms with van der Waals surface area (Å²) in [6, 6.07) is 17.6. The molecule has 0 fully saturated rings. The van der Waals surface area contributed by atoms with Gasteiger partial charge in [0.25, 0.3) is 11.8 Å². The fourth-order valence-electron chi connectivity index (χ4n) is 2.62. The lowest BCUT2D eigenvalue weighted by Crippen LogP contribution is -3.11. The van der Waals surface area contributed by atoms with Gasteiger partial charge in [0.2, 0.25) is 0 Å². The number of thioether (sulfide) groups is 1. The number of quaternary nitrogens is 1. The van der Waals surface area contributed by atoms with Gasteiger partial charge in [-0.1, -0.05) is 42.5 Å². The summed E-state index contributed by atoms with van der Waals surface area (Å²) in [7, 11) is 3.64. The van der Waals surface area contributed by atoms with Gasteiger partial charge < -0.3 is 15.1 Å². The summed E-state index contributed by atoms with van der Waals surface area (Å²) < 4.78 is 0. The van der Waals surface area contributed by atoms with Gasteiger partial charge in [-0.25, -0.2) is 0 Å². The molecule has 0 aliphatic heterocycles. The Morgan fingerprint density at radius 3 is 2.38 bits per heavy atom. The Labute approximate surface area is 159 Å². The van der Waals surface area contributed by atoms with Gasteiger partial charge in [-0.2, -0.15) is 0 Å². The molecule has 26 heavy (non-hydrogen) atoms. The van der Waals surface area contributed by atoms with Crippen LogP contribution in [0.15, 0.2) is 59.5 Å². The second-order valence-corrected chi connectivity index (χ2v) is 7.14. The number of rotatable bonds is 8. The quantitative estimate of drug-likeness (QED) is 0.691. The van der Waals surface area contributed by atoms with Crippen LogP contribution in [0, 0.1) is 0 Å². The molecule has 2 aromatic carbocycles. The molecule has 0 saturated carbocycles. The second kappa shape index (κ2) is 9.99. The van der Waals surface area contributed by atoms with Crippen molar-refractivity contribution in [3.63, 3.8) is 0 Å². The minimum atomic E-state index is -0.0949. The molecule has 5 nitrogen and oxygen atoms in total. The zero-order valence-corrected chi connectivity index (χ0v) is 16.3. The van der Waals surface area contributed by atoms with Crippen LogP contribution in [0.25, 0.3) is 0 Å². The van der Waals surface area contributed by atoms with Crippen molar-refractivity contribution < 1.29 is 14.5 Å². The third-order valence-corrected chi connectivity index (χ3v) is 4.78. The third-order valence-electron chi connectivity index (χ3n) is 3.98. The normalized spacial score (nSPS) is 11.7. The highest BCUT2D eigenvalue weighted by atomic mass is 32.2. The van der Waals surface area contributed by atoms with E-state index in [0.29, 0.717) is 6.54 Å². The summed E-state index contributed by atoms with van der Waals surface area (Å²) >= 11 is 1.59. The standard InChI is InChI=1S/C20H25N3O2S/c1-22(14-19(24)21-17-11-7-8-12-18(17)26-3)15-20(25)23(2)13-16-9-5-4-6-10-16/h4-12H,13-15H2,1-3H3,(H,21,24)/p+1. The third kappa shape index (κ3) is 6.20. The van der Waals surface area contributed by atoms with Crippen LogP contribution >= 0.6 is 11.8 Å². The van der Waals surface area contributed by atoms with E-state index in [1.54, 1.807) is 23.7 Å². The number of amides is 2. The van der Waals surface area contributed by atoms with Gasteiger partial charge in [0.05, 0.1) is 12.7 Å². The molecule has 0 aliphatic rings. The predicted molar refractivity (Wildman–Crippen MR) is 106 cm³/mol. The average molecular weight is 373 g/mol. The molecule has 1 unspecified atom stereocenters. The largest absolute Gasteiger partial charge is 0.337 e. The van der Waals surface area contributed by atoms with Gasteiger partial charge in [-0.3, -0.25) is 9.59 Å². The maximum Gasteiger partial charge on any atom is 0.279 e. The fraction of sp³-hybridized carbons (Fsp3) is 0.300. The first kappa shape index (κ1) is 20.0. The molecule has 0 radical (unpaired) electrons. The van der Waals surface area contributed by atoms with E-state index in [-0.39, 0.29) is 24.9 Å². The van der Waals surface area contributed by atoms with Crippen molar-refractivity contribution in [1.29, 1.82) is 0 Å². The molecule has 2 N–H and O–H groups in total. The lowest BCUT2D eigenvalue weighted by molar-refractivity contribution is -0.862. The van der Waals surface area contributed by atoms with E-state index in [2.05, 4.69) is 5.32 Å². The number of anilines is 1. The Bertz CT molecular complexity index is 737. The molecule has 2 amide bonds. The number of hydrogen-bond donors (Lipinski definition) is 2. The first-order valence-corrected chi connectivity index (χ1v) is 9.74. The SMILES string of the molecule is CSc1ccccc1NC(=O)C[NH+](C)CC(=O)N(C)Cc1ccccc1. The van der Waals surface area contributed by atoms with Crippen LogP contribution < -0.4 is 10.2 Å². The molecule has 138 valence electrons. The van der Waals surface area contributed by atoms with Crippen molar-refractivity contribution in [3.05, 3.63) is 60.2 Å². The first-order chi connectivity index (χ1) is 12.5. The summed E-state index contributed by atoms with van der Waals surface area (Å²) in [6.45, 7) is 1.09. The van der Waals surface area contributed by atoms with E-state index in [9.17, 15) is 9.59 Å². The summed E-state index contributed by atoms with van der Waals surface area (Å²) in [4.78, 5) is 28.2. The zero-order chi connectivity index (χ0) is 18.9. The molecular formula is C20H26N3O2S+. The number of para-hydroxylation sites is 1. The van der Waals surface area contributed by atoms with Crippen LogP contribution in [-0.2, 0) is 16.1 Å². The van der Waals surface area contributed by atoms with E-state index in [4.69, 9.17) is 0 Å². The van der Waals surface area contributed by atoms with Gasteiger partial charge in [-0.05, 0) is 24.0 Å². The van der Waals surface area contributed by atoms with E-state index in [1.165, 1.54) is 0 Å². The highest BCUT2D eigenvalue weighted by molar-refractivity contribution is 7.98. The summed E-state index contributed by atoms with van der Waals surface area (Å²) in [6.07, 6.45) is 1.98. The smallest absolute Gasteiger partial charge is 0.279 e. The Balaban J connectivity index is 1.82. The van der Waals surface area contributed by atoms with Crippen molar-refractivity contribution in [3.8, 4) is 0 Å². The molecule has 2 rings (SSSR count). The topological polar surface area (TPSA) is 53.9 Å². The van der Waals surface area contributed by atoms with Crippen LogP contribution in [0.5, 0.6) is 0 Å². The van der Waals surface area contributed by atoms with Gasteiger partial charge >= 0.3 is 0 Å². The van der Waals surface area contributed by atoms with Gasteiger partial charge in [0.15, 0.2) is 13.1 Å². The van der Waals surface area contributed by atoms with E-state index < -0.39 is 0 Å². The molecule has 1 atom stereocenters. The summed E-state index contributed by atoms with van der Waals surface area (Å²) in [5, 5.41) is 2.93. The predicted octanol–water partition coefficient (Wildman–Crippen LogP) is 1.52. The molecule has 0 heterocycles. The van der Waals surface area contributed by atoms with Crippen molar-refractivity contribution in [2.24, 2.45) is 0 Å². The average Bonchev–Trinajstić information content (AvgIpc) is 2.62. The van der Waals surface area contributed by atoms with E-state index in [0.717, 1.165) is 21.0 Å².